The summed E-state index contributed by atoms with van der Waals surface area (Å²) in [6.45, 7) is 1.97. The number of benzene rings is 2. The lowest BCUT2D eigenvalue weighted by Gasteiger charge is -2.17. The summed E-state index contributed by atoms with van der Waals surface area (Å²) >= 11 is 0. The Hall–Kier alpha value is -3.48. The average molecular weight is 402 g/mol. The van der Waals surface area contributed by atoms with E-state index in [0.717, 1.165) is 48.0 Å². The highest BCUT2D eigenvalue weighted by Crippen LogP contribution is 2.31. The Morgan fingerprint density at radius 2 is 1.90 bits per heavy atom. The normalized spacial score (nSPS) is 14.4. The van der Waals surface area contributed by atoms with E-state index in [1.54, 1.807) is 6.92 Å². The first-order valence-electron chi connectivity index (χ1n) is 10.2. The van der Waals surface area contributed by atoms with Crippen molar-refractivity contribution in [3.05, 3.63) is 70.5 Å². The van der Waals surface area contributed by atoms with Gasteiger partial charge in [0.15, 0.2) is 6.61 Å². The fourth-order valence-electron chi connectivity index (χ4n) is 4.09. The van der Waals surface area contributed by atoms with E-state index in [2.05, 4.69) is 15.1 Å². The minimum atomic E-state index is 0.00191. The molecule has 1 fully saturated rings. The summed E-state index contributed by atoms with van der Waals surface area (Å²) in [6.07, 6.45) is 4.40. The summed E-state index contributed by atoms with van der Waals surface area (Å²) in [7, 11) is 0. The predicted octanol–water partition coefficient (Wildman–Crippen LogP) is 4.45. The van der Waals surface area contributed by atoms with Crippen LogP contribution in [0.5, 0.6) is 5.75 Å². The van der Waals surface area contributed by atoms with Gasteiger partial charge in [0.05, 0.1) is 11.0 Å². The van der Waals surface area contributed by atoms with Crippen molar-refractivity contribution in [2.24, 2.45) is 0 Å². The Balaban J connectivity index is 1.45. The van der Waals surface area contributed by atoms with Gasteiger partial charge in [0, 0.05) is 11.6 Å². The SMILES string of the molecule is Cc1nc2cc(-c3noc(COc4ccccc4)n3)ccc2n(C2CCCC2)c1=O. The molecular formula is C23H22N4O3. The van der Waals surface area contributed by atoms with Crippen LogP contribution in [0.25, 0.3) is 22.4 Å². The van der Waals surface area contributed by atoms with Crippen LogP contribution >= 0.6 is 0 Å². The summed E-state index contributed by atoms with van der Waals surface area (Å²) in [4.78, 5) is 21.7. The van der Waals surface area contributed by atoms with Gasteiger partial charge in [-0.05, 0) is 50.1 Å². The van der Waals surface area contributed by atoms with Crippen LogP contribution in [0.15, 0.2) is 57.8 Å². The molecule has 2 heterocycles. The number of para-hydroxylation sites is 1. The lowest BCUT2D eigenvalue weighted by Crippen LogP contribution is -2.26. The minimum Gasteiger partial charge on any atom is -0.484 e. The summed E-state index contributed by atoms with van der Waals surface area (Å²) in [6, 6.07) is 15.5. The zero-order valence-electron chi connectivity index (χ0n) is 16.7. The van der Waals surface area contributed by atoms with Crippen molar-refractivity contribution in [3.63, 3.8) is 0 Å². The summed E-state index contributed by atoms with van der Waals surface area (Å²) < 4.78 is 12.9. The molecule has 30 heavy (non-hydrogen) atoms. The molecule has 4 aromatic rings. The standard InChI is InChI=1S/C23H22N4O3/c1-15-23(28)27(17-7-5-6-8-17)20-12-11-16(13-19(20)24-15)22-25-21(30-26-22)14-29-18-9-3-2-4-10-18/h2-4,9-13,17H,5-8,14H2,1H3. The van der Waals surface area contributed by atoms with E-state index >= 15 is 0 Å². The van der Waals surface area contributed by atoms with Crippen molar-refractivity contribution in [1.29, 1.82) is 0 Å². The maximum absolute atomic E-state index is 12.8. The van der Waals surface area contributed by atoms with Crippen LogP contribution in [0, 0.1) is 6.92 Å². The predicted molar refractivity (Wildman–Crippen MR) is 112 cm³/mol. The lowest BCUT2D eigenvalue weighted by atomic mass is 10.1. The molecule has 7 nitrogen and oxygen atoms in total. The highest BCUT2D eigenvalue weighted by atomic mass is 16.5. The molecular weight excluding hydrogens is 380 g/mol. The first-order valence-corrected chi connectivity index (χ1v) is 10.2. The maximum Gasteiger partial charge on any atom is 0.272 e. The van der Waals surface area contributed by atoms with Gasteiger partial charge in [-0.3, -0.25) is 4.79 Å². The molecule has 0 bridgehead atoms. The number of hydrogen-bond acceptors (Lipinski definition) is 6. The Labute approximate surface area is 173 Å². The number of rotatable bonds is 5. The summed E-state index contributed by atoms with van der Waals surface area (Å²) in [5, 5.41) is 4.08. The van der Waals surface area contributed by atoms with E-state index in [1.807, 2.05) is 53.1 Å². The number of nitrogens with zero attached hydrogens (tertiary/aromatic N) is 4. The minimum absolute atomic E-state index is 0.00191. The molecule has 5 rings (SSSR count). The Kier molecular flexibility index (Phi) is 4.78. The van der Waals surface area contributed by atoms with Crippen molar-refractivity contribution in [1.82, 2.24) is 19.7 Å². The third-order valence-electron chi connectivity index (χ3n) is 5.57. The van der Waals surface area contributed by atoms with Crippen molar-refractivity contribution in [3.8, 4) is 17.1 Å². The van der Waals surface area contributed by atoms with Crippen molar-refractivity contribution in [2.75, 3.05) is 0 Å². The summed E-state index contributed by atoms with van der Waals surface area (Å²) in [5.41, 5.74) is 2.93. The third kappa shape index (κ3) is 3.47. The molecule has 1 saturated carbocycles. The van der Waals surface area contributed by atoms with Gasteiger partial charge in [0.2, 0.25) is 5.82 Å². The molecule has 7 heteroatoms. The van der Waals surface area contributed by atoms with Gasteiger partial charge in [0.1, 0.15) is 11.4 Å². The molecule has 0 spiro atoms. The molecule has 0 N–H and O–H groups in total. The fourth-order valence-corrected chi connectivity index (χ4v) is 4.09. The monoisotopic (exact) mass is 402 g/mol. The molecule has 1 aliphatic carbocycles. The van der Waals surface area contributed by atoms with E-state index in [4.69, 9.17) is 9.26 Å². The molecule has 2 aromatic heterocycles. The largest absolute Gasteiger partial charge is 0.484 e. The van der Waals surface area contributed by atoms with Gasteiger partial charge >= 0.3 is 0 Å². The second-order valence-corrected chi connectivity index (χ2v) is 7.63. The molecule has 0 atom stereocenters. The van der Waals surface area contributed by atoms with E-state index < -0.39 is 0 Å². The van der Waals surface area contributed by atoms with E-state index in [0.29, 0.717) is 17.4 Å². The molecule has 2 aromatic carbocycles. The zero-order chi connectivity index (χ0) is 20.5. The van der Waals surface area contributed by atoms with Crippen LogP contribution in [0.4, 0.5) is 0 Å². The molecule has 1 aliphatic rings. The second kappa shape index (κ2) is 7.74. The lowest BCUT2D eigenvalue weighted by molar-refractivity contribution is 0.243. The first-order chi connectivity index (χ1) is 14.7. The van der Waals surface area contributed by atoms with Crippen molar-refractivity contribution >= 4 is 11.0 Å². The number of ether oxygens (including phenoxy) is 1. The smallest absolute Gasteiger partial charge is 0.272 e. The fraction of sp³-hybridized carbons (Fsp3) is 0.304. The average Bonchev–Trinajstić information content (AvgIpc) is 3.46. The van der Waals surface area contributed by atoms with Gasteiger partial charge in [-0.15, -0.1) is 0 Å². The molecule has 0 saturated heterocycles. The number of fused-ring (bicyclic) bond motifs is 1. The molecule has 152 valence electrons. The molecule has 0 amide bonds. The van der Waals surface area contributed by atoms with E-state index in [9.17, 15) is 4.79 Å². The van der Waals surface area contributed by atoms with E-state index in [1.165, 1.54) is 0 Å². The van der Waals surface area contributed by atoms with Crippen LogP contribution in [0.2, 0.25) is 0 Å². The van der Waals surface area contributed by atoms with Gasteiger partial charge in [-0.2, -0.15) is 4.98 Å². The number of aryl methyl sites for hydroxylation is 1. The van der Waals surface area contributed by atoms with Gasteiger partial charge in [0.25, 0.3) is 11.4 Å². The highest BCUT2D eigenvalue weighted by Gasteiger charge is 2.22. The number of aromatic nitrogens is 4. The van der Waals surface area contributed by atoms with Crippen LogP contribution in [0.1, 0.15) is 43.3 Å². The molecule has 0 unspecified atom stereocenters. The number of hydrogen-bond donors (Lipinski definition) is 0. The molecule has 0 aliphatic heterocycles. The Morgan fingerprint density at radius 1 is 1.10 bits per heavy atom. The quantitative estimate of drug-likeness (QED) is 0.490. The van der Waals surface area contributed by atoms with Crippen LogP contribution < -0.4 is 10.3 Å². The Morgan fingerprint density at radius 3 is 2.70 bits per heavy atom. The second-order valence-electron chi connectivity index (χ2n) is 7.63. The van der Waals surface area contributed by atoms with Gasteiger partial charge < -0.3 is 13.8 Å². The van der Waals surface area contributed by atoms with Crippen LogP contribution in [-0.4, -0.2) is 19.7 Å². The molecule has 0 radical (unpaired) electrons. The van der Waals surface area contributed by atoms with Gasteiger partial charge in [-0.1, -0.05) is 36.2 Å². The van der Waals surface area contributed by atoms with Crippen molar-refractivity contribution < 1.29 is 9.26 Å². The van der Waals surface area contributed by atoms with E-state index in [-0.39, 0.29) is 18.2 Å². The summed E-state index contributed by atoms with van der Waals surface area (Å²) in [5.74, 6) is 1.61. The Bertz CT molecular complexity index is 1240. The first kappa shape index (κ1) is 18.5. The third-order valence-corrected chi connectivity index (χ3v) is 5.57. The highest BCUT2D eigenvalue weighted by molar-refractivity contribution is 5.80. The topological polar surface area (TPSA) is 83.0 Å². The maximum atomic E-state index is 12.8. The van der Waals surface area contributed by atoms with Crippen molar-refractivity contribution in [2.45, 2.75) is 45.3 Å². The van der Waals surface area contributed by atoms with Gasteiger partial charge in [-0.25, -0.2) is 4.98 Å². The zero-order valence-corrected chi connectivity index (χ0v) is 16.7. The van der Waals surface area contributed by atoms with Crippen LogP contribution in [-0.2, 0) is 6.61 Å². The van der Waals surface area contributed by atoms with Crippen LogP contribution in [0.3, 0.4) is 0 Å².